The van der Waals surface area contributed by atoms with Crippen molar-refractivity contribution in [3.8, 4) is 0 Å². The van der Waals surface area contributed by atoms with Gasteiger partial charge in [0.25, 0.3) is 0 Å². The Morgan fingerprint density at radius 2 is 1.13 bits per heavy atom. The van der Waals surface area contributed by atoms with E-state index in [-0.39, 0.29) is 10.8 Å². The maximum Gasteiger partial charge on any atom is 0.150 e. The first-order valence-corrected chi connectivity index (χ1v) is 13.0. The molecule has 2 N–H and O–H groups in total. The number of hydrogen-bond donors (Lipinski definition) is 1. The van der Waals surface area contributed by atoms with Gasteiger partial charge in [-0.25, -0.2) is 4.98 Å². The zero-order valence-corrected chi connectivity index (χ0v) is 23.9. The average Bonchev–Trinajstić information content (AvgIpc) is 3.42. The number of hydrogen-bond acceptors (Lipinski definition) is 5. The summed E-state index contributed by atoms with van der Waals surface area (Å²) in [5.41, 5.74) is 14.0. The summed E-state index contributed by atoms with van der Waals surface area (Å²) in [7, 11) is 3.88. The number of nitrogen functional groups attached to an aromatic ring is 1. The summed E-state index contributed by atoms with van der Waals surface area (Å²) in [5, 5.41) is 13.2. The average molecular weight is 508 g/mol. The van der Waals surface area contributed by atoms with Crippen LogP contribution in [0.1, 0.15) is 58.4 Å². The molecule has 7 heteroatoms. The lowest BCUT2D eigenvalue weighted by Crippen LogP contribution is -2.10. The van der Waals surface area contributed by atoms with E-state index in [4.69, 9.17) is 5.73 Å². The van der Waals surface area contributed by atoms with Crippen LogP contribution in [0, 0.1) is 6.92 Å². The number of pyridine rings is 2. The predicted molar refractivity (Wildman–Crippen MR) is 159 cm³/mol. The summed E-state index contributed by atoms with van der Waals surface area (Å²) in [6, 6.07) is 12.9. The highest BCUT2D eigenvalue weighted by Gasteiger charge is 2.18. The summed E-state index contributed by atoms with van der Waals surface area (Å²) in [6.07, 6.45) is 3.77. The molecule has 0 aliphatic heterocycles. The second-order valence-corrected chi connectivity index (χ2v) is 12.2. The minimum Gasteiger partial charge on any atom is -0.382 e. The van der Waals surface area contributed by atoms with Crippen LogP contribution in [0.2, 0.25) is 0 Å². The van der Waals surface area contributed by atoms with Crippen molar-refractivity contribution >= 4 is 49.4 Å². The SMILES string of the molecule is Cc1nc2ccc(C(C)(C)C)cc2c2c1cnn2C.Cn1ncc2c3cc(C(C)(C)C)ccc3nc(N)c21. The van der Waals surface area contributed by atoms with Gasteiger partial charge in [-0.2, -0.15) is 10.2 Å². The molecule has 0 spiro atoms. The van der Waals surface area contributed by atoms with Crippen molar-refractivity contribution in [2.45, 2.75) is 59.3 Å². The first-order valence-electron chi connectivity index (χ1n) is 13.0. The fraction of sp³-hybridized carbons (Fsp3) is 0.355. The Bertz CT molecular complexity index is 1830. The standard InChI is InChI=1S/C16H19N3.C15H18N4/c1-10-13-9-17-19(5)15(13)12-8-11(16(2,3)4)6-7-14(12)18-10;1-15(2,3)9-5-6-12-10(7-9)11-8-17-19(4)13(11)14(16)18-12/h6-9H,1-5H3;5-8H,1-4H3,(H2,16,18). The van der Waals surface area contributed by atoms with Gasteiger partial charge in [0, 0.05) is 41.3 Å². The van der Waals surface area contributed by atoms with Gasteiger partial charge >= 0.3 is 0 Å². The molecule has 38 heavy (non-hydrogen) atoms. The Hall–Kier alpha value is -4.00. The fourth-order valence-electron chi connectivity index (χ4n) is 4.99. The fourth-order valence-corrected chi connectivity index (χ4v) is 4.99. The highest BCUT2D eigenvalue weighted by atomic mass is 15.3. The molecule has 0 saturated heterocycles. The molecule has 0 aliphatic carbocycles. The molecule has 6 rings (SSSR count). The number of benzene rings is 2. The molecule has 0 radical (unpaired) electrons. The number of fused-ring (bicyclic) bond motifs is 6. The molecule has 0 unspecified atom stereocenters. The van der Waals surface area contributed by atoms with Gasteiger partial charge in [0.05, 0.1) is 28.9 Å². The summed E-state index contributed by atoms with van der Waals surface area (Å²) < 4.78 is 3.72. The Kier molecular flexibility index (Phi) is 5.93. The van der Waals surface area contributed by atoms with Gasteiger partial charge in [-0.1, -0.05) is 53.7 Å². The Morgan fingerprint density at radius 3 is 1.71 bits per heavy atom. The van der Waals surface area contributed by atoms with Crippen LogP contribution in [0.4, 0.5) is 5.82 Å². The first kappa shape index (κ1) is 25.6. The van der Waals surface area contributed by atoms with Crippen LogP contribution in [-0.4, -0.2) is 29.5 Å². The van der Waals surface area contributed by atoms with Crippen molar-refractivity contribution in [2.24, 2.45) is 14.1 Å². The molecular weight excluding hydrogens is 470 g/mol. The summed E-state index contributed by atoms with van der Waals surface area (Å²) >= 11 is 0. The van der Waals surface area contributed by atoms with Crippen LogP contribution in [0.15, 0.2) is 48.8 Å². The van der Waals surface area contributed by atoms with E-state index in [9.17, 15) is 0 Å². The van der Waals surface area contributed by atoms with Crippen LogP contribution in [0.25, 0.3) is 43.6 Å². The van der Waals surface area contributed by atoms with Crippen LogP contribution < -0.4 is 5.73 Å². The lowest BCUT2D eigenvalue weighted by Gasteiger charge is -2.19. The van der Waals surface area contributed by atoms with Crippen molar-refractivity contribution in [3.63, 3.8) is 0 Å². The van der Waals surface area contributed by atoms with E-state index in [0.29, 0.717) is 5.82 Å². The second kappa shape index (κ2) is 8.79. The number of rotatable bonds is 0. The molecule has 0 saturated carbocycles. The monoisotopic (exact) mass is 507 g/mol. The van der Waals surface area contributed by atoms with Gasteiger partial charge < -0.3 is 5.73 Å². The topological polar surface area (TPSA) is 87.4 Å². The van der Waals surface area contributed by atoms with E-state index in [1.54, 1.807) is 4.68 Å². The van der Waals surface area contributed by atoms with E-state index in [1.165, 1.54) is 22.0 Å². The quantitative estimate of drug-likeness (QED) is 0.246. The van der Waals surface area contributed by atoms with Crippen molar-refractivity contribution in [1.82, 2.24) is 29.5 Å². The number of aromatic nitrogens is 6. The predicted octanol–water partition coefficient (Wildman–Crippen LogP) is 6.73. The molecule has 4 aromatic heterocycles. The zero-order valence-electron chi connectivity index (χ0n) is 23.9. The molecule has 0 atom stereocenters. The van der Waals surface area contributed by atoms with E-state index in [1.807, 2.05) is 44.2 Å². The van der Waals surface area contributed by atoms with E-state index >= 15 is 0 Å². The smallest absolute Gasteiger partial charge is 0.150 e. The molecule has 6 aromatic rings. The third kappa shape index (κ3) is 4.36. The second-order valence-electron chi connectivity index (χ2n) is 12.2. The lowest BCUT2D eigenvalue weighted by atomic mass is 9.86. The van der Waals surface area contributed by atoms with Gasteiger partial charge in [0.2, 0.25) is 0 Å². The maximum atomic E-state index is 6.02. The lowest BCUT2D eigenvalue weighted by molar-refractivity contribution is 0.591. The van der Waals surface area contributed by atoms with Crippen molar-refractivity contribution in [1.29, 1.82) is 0 Å². The molecule has 0 amide bonds. The largest absolute Gasteiger partial charge is 0.382 e. The molecule has 2 aromatic carbocycles. The maximum absolute atomic E-state index is 6.02. The van der Waals surface area contributed by atoms with Crippen LogP contribution in [0.3, 0.4) is 0 Å². The Labute approximate surface area is 223 Å². The molecule has 7 nitrogen and oxygen atoms in total. The zero-order chi connectivity index (χ0) is 27.6. The van der Waals surface area contributed by atoms with Crippen LogP contribution in [-0.2, 0) is 24.9 Å². The Balaban J connectivity index is 0.000000155. The third-order valence-corrected chi connectivity index (χ3v) is 7.31. The van der Waals surface area contributed by atoms with Gasteiger partial charge in [-0.05, 0) is 53.1 Å². The number of anilines is 1. The van der Waals surface area contributed by atoms with Gasteiger partial charge in [0.15, 0.2) is 0 Å². The van der Waals surface area contributed by atoms with Crippen molar-refractivity contribution in [3.05, 3.63) is 65.6 Å². The van der Waals surface area contributed by atoms with E-state index in [0.717, 1.165) is 38.4 Å². The molecule has 0 bridgehead atoms. The van der Waals surface area contributed by atoms with Gasteiger partial charge in [-0.3, -0.25) is 14.3 Å². The summed E-state index contributed by atoms with van der Waals surface area (Å²) in [5.74, 6) is 0.533. The molecule has 0 fully saturated rings. The first-order chi connectivity index (χ1) is 17.8. The van der Waals surface area contributed by atoms with Gasteiger partial charge in [-0.15, -0.1) is 0 Å². The number of nitrogens with two attached hydrogens (primary N) is 1. The highest BCUT2D eigenvalue weighted by molar-refractivity contribution is 6.08. The third-order valence-electron chi connectivity index (χ3n) is 7.31. The number of aryl methyl sites for hydroxylation is 3. The number of nitrogens with zero attached hydrogens (tertiary/aromatic N) is 6. The molecule has 196 valence electrons. The minimum absolute atomic E-state index is 0.115. The normalized spacial score (nSPS) is 12.4. The summed E-state index contributed by atoms with van der Waals surface area (Å²) in [6.45, 7) is 15.4. The van der Waals surface area contributed by atoms with Crippen LogP contribution in [0.5, 0.6) is 0 Å². The van der Waals surface area contributed by atoms with E-state index in [2.05, 4.69) is 92.0 Å². The van der Waals surface area contributed by atoms with Crippen molar-refractivity contribution < 1.29 is 0 Å². The van der Waals surface area contributed by atoms with Gasteiger partial charge in [0.1, 0.15) is 11.3 Å². The molecule has 0 aliphatic rings. The van der Waals surface area contributed by atoms with Crippen molar-refractivity contribution in [2.75, 3.05) is 5.73 Å². The Morgan fingerprint density at radius 1 is 0.632 bits per heavy atom. The molecular formula is C31H37N7. The minimum atomic E-state index is 0.115. The van der Waals surface area contributed by atoms with Crippen LogP contribution >= 0.6 is 0 Å². The highest BCUT2D eigenvalue weighted by Crippen LogP contribution is 2.32. The summed E-state index contributed by atoms with van der Waals surface area (Å²) in [4.78, 5) is 9.16. The van der Waals surface area contributed by atoms with E-state index < -0.39 is 0 Å². The molecule has 4 heterocycles.